The number of hydrogen-bond donors (Lipinski definition) is 2. The van der Waals surface area contributed by atoms with Crippen LogP contribution in [0.5, 0.6) is 5.75 Å². The number of piperidine rings is 1. The van der Waals surface area contributed by atoms with Crippen molar-refractivity contribution < 1.29 is 9.53 Å². The van der Waals surface area contributed by atoms with Gasteiger partial charge in [0.05, 0.1) is 23.8 Å². The van der Waals surface area contributed by atoms with Gasteiger partial charge in [0.1, 0.15) is 5.75 Å². The third kappa shape index (κ3) is 5.21. The van der Waals surface area contributed by atoms with E-state index in [-0.39, 0.29) is 24.2 Å². The van der Waals surface area contributed by atoms with E-state index in [1.807, 2.05) is 30.3 Å². The first-order chi connectivity index (χ1) is 15.5. The third-order valence-electron chi connectivity index (χ3n) is 5.76. The van der Waals surface area contributed by atoms with Crippen molar-refractivity contribution >= 4 is 52.3 Å². The number of anilines is 2. The van der Waals surface area contributed by atoms with Gasteiger partial charge in [0.25, 0.3) is 0 Å². The smallest absolute Gasteiger partial charge is 0.220 e. The van der Waals surface area contributed by atoms with E-state index < -0.39 is 0 Å². The summed E-state index contributed by atoms with van der Waals surface area (Å²) in [7, 11) is 1.57. The van der Waals surface area contributed by atoms with Crippen molar-refractivity contribution in [3.05, 3.63) is 52.5 Å². The minimum atomic E-state index is -0.252. The summed E-state index contributed by atoms with van der Waals surface area (Å²) in [6.07, 6.45) is 1.38. The van der Waals surface area contributed by atoms with Crippen molar-refractivity contribution in [3.8, 4) is 11.8 Å². The van der Waals surface area contributed by atoms with E-state index in [9.17, 15) is 10.1 Å². The molecule has 0 saturated carbocycles. The third-order valence-corrected chi connectivity index (χ3v) is 6.06. The molecule has 10 heteroatoms. The minimum absolute atomic E-state index is 0. The summed E-state index contributed by atoms with van der Waals surface area (Å²) >= 11 is 6.23. The molecular weight excluding hydrogens is 463 g/mol. The molecule has 1 aromatic heterocycles. The van der Waals surface area contributed by atoms with Crippen molar-refractivity contribution in [2.24, 2.45) is 11.7 Å². The average Bonchev–Trinajstić information content (AvgIpc) is 2.82. The van der Waals surface area contributed by atoms with Crippen molar-refractivity contribution in [2.75, 3.05) is 30.4 Å². The molecule has 8 nitrogen and oxygen atoms in total. The molecule has 0 spiro atoms. The number of nitrogens with two attached hydrogens (primary N) is 1. The van der Waals surface area contributed by atoms with Gasteiger partial charge in [0, 0.05) is 36.3 Å². The largest absolute Gasteiger partial charge is 0.495 e. The van der Waals surface area contributed by atoms with Crippen molar-refractivity contribution in [1.82, 2.24) is 10.2 Å². The predicted molar refractivity (Wildman–Crippen MR) is 131 cm³/mol. The molecule has 0 bridgehead atoms. The Morgan fingerprint density at radius 1 is 1.24 bits per heavy atom. The van der Waals surface area contributed by atoms with Crippen molar-refractivity contribution in [3.63, 3.8) is 0 Å². The number of hydrogen-bond acceptors (Lipinski definition) is 7. The Bertz CT molecular complexity index is 1210. The van der Waals surface area contributed by atoms with Crippen LogP contribution in [0.25, 0.3) is 10.8 Å². The molecule has 172 valence electrons. The van der Waals surface area contributed by atoms with Gasteiger partial charge in [-0.05, 0) is 48.7 Å². The second-order valence-corrected chi connectivity index (χ2v) is 8.14. The van der Waals surface area contributed by atoms with E-state index in [2.05, 4.69) is 26.5 Å². The van der Waals surface area contributed by atoms with Crippen LogP contribution in [0, 0.1) is 17.2 Å². The number of primary amides is 1. The number of carbonyl (C=O) groups excluding carboxylic acids is 1. The van der Waals surface area contributed by atoms with Gasteiger partial charge >= 0.3 is 0 Å². The van der Waals surface area contributed by atoms with Gasteiger partial charge in [-0.1, -0.05) is 17.7 Å². The second-order valence-electron chi connectivity index (χ2n) is 7.73. The number of methoxy groups -OCH3 is 1. The fourth-order valence-corrected chi connectivity index (χ4v) is 4.24. The molecule has 0 atom stereocenters. The lowest BCUT2D eigenvalue weighted by molar-refractivity contribution is -0.122. The number of benzene rings is 2. The first kappa shape index (κ1) is 24.4. The van der Waals surface area contributed by atoms with Gasteiger partial charge in [-0.3, -0.25) is 4.79 Å². The number of amides is 1. The molecule has 33 heavy (non-hydrogen) atoms. The Balaban J connectivity index is 0.00000306. The number of aromatic nitrogens is 2. The van der Waals surface area contributed by atoms with Gasteiger partial charge in [0.2, 0.25) is 5.91 Å². The molecule has 2 heterocycles. The van der Waals surface area contributed by atoms with Crippen LogP contribution in [-0.4, -0.2) is 36.3 Å². The molecule has 3 N–H and O–H groups in total. The summed E-state index contributed by atoms with van der Waals surface area (Å²) in [6.45, 7) is 1.83. The Kier molecular flexibility index (Phi) is 7.79. The standard InChI is InChI=1S/C23H23ClN6O2.ClH/c1-32-20-5-3-15(11-19(20)24)13-27-22-18-10-14(12-25)2-4-17(18)23(29-28-22)30-8-6-16(7-9-30)21(26)31;/h2-5,10-11,16H,6-9,13H2,1H3,(H2,26,31)(H,27,28);1H. The summed E-state index contributed by atoms with van der Waals surface area (Å²) < 4.78 is 5.20. The Hall–Kier alpha value is -3.28. The average molecular weight is 487 g/mol. The Morgan fingerprint density at radius 2 is 2.00 bits per heavy atom. The summed E-state index contributed by atoms with van der Waals surface area (Å²) in [5.41, 5.74) is 6.96. The van der Waals surface area contributed by atoms with E-state index in [0.29, 0.717) is 54.6 Å². The van der Waals surface area contributed by atoms with Crippen molar-refractivity contribution in [2.45, 2.75) is 19.4 Å². The zero-order valence-electron chi connectivity index (χ0n) is 18.0. The minimum Gasteiger partial charge on any atom is -0.495 e. The van der Waals surface area contributed by atoms with Gasteiger partial charge in [-0.15, -0.1) is 22.6 Å². The first-order valence-corrected chi connectivity index (χ1v) is 10.7. The van der Waals surface area contributed by atoms with Crippen LogP contribution in [0.1, 0.15) is 24.0 Å². The number of carbonyl (C=O) groups is 1. The second kappa shape index (κ2) is 10.6. The highest BCUT2D eigenvalue weighted by atomic mass is 35.5. The fourth-order valence-electron chi connectivity index (χ4n) is 3.96. The monoisotopic (exact) mass is 486 g/mol. The van der Waals surface area contributed by atoms with Gasteiger partial charge in [-0.2, -0.15) is 5.26 Å². The fraction of sp³-hybridized carbons (Fsp3) is 0.304. The van der Waals surface area contributed by atoms with E-state index in [1.165, 1.54) is 0 Å². The van der Waals surface area contributed by atoms with Crippen molar-refractivity contribution in [1.29, 1.82) is 5.26 Å². The SMILES string of the molecule is COc1ccc(CNc2nnc(N3CCC(C(N)=O)CC3)c3ccc(C#N)cc23)cc1Cl.Cl. The molecule has 1 amide bonds. The Morgan fingerprint density at radius 3 is 2.64 bits per heavy atom. The number of ether oxygens (including phenoxy) is 1. The molecule has 0 unspecified atom stereocenters. The van der Waals surface area contributed by atoms with Crippen LogP contribution >= 0.6 is 24.0 Å². The zero-order valence-corrected chi connectivity index (χ0v) is 19.6. The number of nitrogens with zero attached hydrogens (tertiary/aromatic N) is 4. The molecule has 1 saturated heterocycles. The van der Waals surface area contributed by atoms with E-state index in [4.69, 9.17) is 22.1 Å². The van der Waals surface area contributed by atoms with E-state index in [1.54, 1.807) is 13.2 Å². The molecule has 3 aromatic rings. The van der Waals surface area contributed by atoms with Crippen LogP contribution in [0.2, 0.25) is 5.02 Å². The highest BCUT2D eigenvalue weighted by Crippen LogP contribution is 2.32. The van der Waals surface area contributed by atoms with Gasteiger partial charge in [-0.25, -0.2) is 0 Å². The van der Waals surface area contributed by atoms with Crippen LogP contribution in [0.4, 0.5) is 11.6 Å². The zero-order chi connectivity index (χ0) is 22.7. The molecule has 1 aliphatic heterocycles. The van der Waals surface area contributed by atoms with Gasteiger partial charge in [0.15, 0.2) is 11.6 Å². The van der Waals surface area contributed by atoms with Gasteiger partial charge < -0.3 is 20.7 Å². The number of fused-ring (bicyclic) bond motifs is 1. The highest BCUT2D eigenvalue weighted by Gasteiger charge is 2.25. The summed E-state index contributed by atoms with van der Waals surface area (Å²) in [4.78, 5) is 13.6. The maximum Gasteiger partial charge on any atom is 0.220 e. The van der Waals surface area contributed by atoms with Crippen LogP contribution in [0.15, 0.2) is 36.4 Å². The predicted octanol–water partition coefficient (Wildman–Crippen LogP) is 3.90. The lowest BCUT2D eigenvalue weighted by Gasteiger charge is -2.32. The quantitative estimate of drug-likeness (QED) is 0.542. The number of nitrogens with one attached hydrogen (secondary N) is 1. The first-order valence-electron chi connectivity index (χ1n) is 10.3. The number of halogens is 2. The van der Waals surface area contributed by atoms with Crippen LogP contribution < -0.4 is 20.7 Å². The molecule has 1 aliphatic rings. The number of rotatable bonds is 6. The molecule has 1 fully saturated rings. The summed E-state index contributed by atoms with van der Waals surface area (Å²) in [5, 5.41) is 23.8. The topological polar surface area (TPSA) is 117 Å². The molecule has 2 aromatic carbocycles. The molecule has 0 aliphatic carbocycles. The van der Waals surface area contributed by atoms with E-state index in [0.717, 1.165) is 22.2 Å². The normalized spacial score (nSPS) is 13.8. The number of nitriles is 1. The molecular formula is C23H24Cl2N6O2. The molecule has 0 radical (unpaired) electrons. The van der Waals surface area contributed by atoms with Crippen LogP contribution in [-0.2, 0) is 11.3 Å². The summed E-state index contributed by atoms with van der Waals surface area (Å²) in [6, 6.07) is 13.2. The highest BCUT2D eigenvalue weighted by molar-refractivity contribution is 6.32. The lowest BCUT2D eigenvalue weighted by atomic mass is 9.96. The van der Waals surface area contributed by atoms with Crippen LogP contribution in [0.3, 0.4) is 0 Å². The lowest BCUT2D eigenvalue weighted by Crippen LogP contribution is -2.39. The summed E-state index contributed by atoms with van der Waals surface area (Å²) in [5.74, 6) is 1.58. The molecule has 4 rings (SSSR count). The maximum atomic E-state index is 11.5. The maximum absolute atomic E-state index is 11.5. The Labute approximate surface area is 203 Å². The van der Waals surface area contributed by atoms with E-state index >= 15 is 0 Å².